The van der Waals surface area contributed by atoms with Crippen molar-refractivity contribution in [1.29, 1.82) is 0 Å². The van der Waals surface area contributed by atoms with Gasteiger partial charge in [0.2, 0.25) is 0 Å². The fourth-order valence-corrected chi connectivity index (χ4v) is 8.05. The van der Waals surface area contributed by atoms with E-state index in [4.69, 9.17) is 9.73 Å². The molecule has 0 spiro atoms. The summed E-state index contributed by atoms with van der Waals surface area (Å²) in [6, 6.07) is 30.0. The number of hydrogen-bond donors (Lipinski definition) is 0. The molecule has 48 heavy (non-hydrogen) atoms. The molecule has 0 N–H and O–H groups in total. The lowest BCUT2D eigenvalue weighted by Crippen LogP contribution is -2.43. The molecule has 1 atom stereocenters. The molecule has 2 aromatic heterocycles. The minimum Gasteiger partial charge on any atom is -0.496 e. The van der Waals surface area contributed by atoms with E-state index in [9.17, 15) is 9.59 Å². The number of carbonyl (C=O) groups is 1. The number of rotatable bonds is 8. The van der Waals surface area contributed by atoms with E-state index in [1.54, 1.807) is 16.6 Å². The standard InChI is InChI=1S/C40H38N4O3S/c1-6-42(7-2)39(46)35-25(3)41-40-44(37(35)36-29-18-12-11-17-28(29)21-22-33(36)47-5)38(45)34(48-40)23-31-26(4)43(24-27-15-9-8-10-16-27)32-20-14-13-19-30(31)32/h8-23,37H,6-7,24H2,1-5H3/b34-23+/t37-/m0/s1. The number of carbonyl (C=O) groups excluding carboxylic acids is 1. The van der Waals surface area contributed by atoms with Crippen molar-refractivity contribution in [2.45, 2.75) is 40.3 Å². The summed E-state index contributed by atoms with van der Waals surface area (Å²) in [5.41, 5.74) is 6.08. The van der Waals surface area contributed by atoms with Gasteiger partial charge in [-0.3, -0.25) is 14.2 Å². The zero-order valence-electron chi connectivity index (χ0n) is 27.9. The van der Waals surface area contributed by atoms with Gasteiger partial charge in [0.15, 0.2) is 4.80 Å². The molecule has 242 valence electrons. The molecular weight excluding hydrogens is 617 g/mol. The molecule has 6 aromatic rings. The molecule has 0 unspecified atom stereocenters. The molecule has 3 heterocycles. The maximum atomic E-state index is 14.8. The average Bonchev–Trinajstić information content (AvgIpc) is 3.56. The number of benzene rings is 4. The number of thiazole rings is 1. The molecule has 8 heteroatoms. The Hall–Kier alpha value is -5.21. The Bertz CT molecular complexity index is 2410. The third-order valence-electron chi connectivity index (χ3n) is 9.47. The summed E-state index contributed by atoms with van der Waals surface area (Å²) in [4.78, 5) is 36.3. The van der Waals surface area contributed by atoms with Crippen LogP contribution in [0.1, 0.15) is 49.2 Å². The van der Waals surface area contributed by atoms with Crippen molar-refractivity contribution < 1.29 is 9.53 Å². The van der Waals surface area contributed by atoms with Gasteiger partial charge in [-0.1, -0.05) is 90.2 Å². The highest BCUT2D eigenvalue weighted by molar-refractivity contribution is 7.07. The Morgan fingerprint density at radius 3 is 2.33 bits per heavy atom. The highest BCUT2D eigenvalue weighted by Gasteiger charge is 2.36. The second-order valence-corrected chi connectivity index (χ2v) is 13.1. The molecule has 0 saturated heterocycles. The van der Waals surface area contributed by atoms with Crippen molar-refractivity contribution in [2.75, 3.05) is 20.2 Å². The molecule has 1 aliphatic heterocycles. The number of para-hydroxylation sites is 1. The van der Waals surface area contributed by atoms with Crippen LogP contribution >= 0.6 is 11.3 Å². The summed E-state index contributed by atoms with van der Waals surface area (Å²) in [7, 11) is 1.63. The zero-order chi connectivity index (χ0) is 33.5. The smallest absolute Gasteiger partial charge is 0.271 e. The predicted octanol–water partition coefficient (Wildman–Crippen LogP) is 6.58. The Morgan fingerprint density at radius 1 is 0.917 bits per heavy atom. The molecule has 0 aliphatic carbocycles. The van der Waals surface area contributed by atoms with Crippen LogP contribution < -0.4 is 19.6 Å². The van der Waals surface area contributed by atoms with E-state index in [-0.39, 0.29) is 11.5 Å². The average molecular weight is 655 g/mol. The van der Waals surface area contributed by atoms with E-state index in [2.05, 4.69) is 54.0 Å². The highest BCUT2D eigenvalue weighted by atomic mass is 32.1. The zero-order valence-corrected chi connectivity index (χ0v) is 28.7. The van der Waals surface area contributed by atoms with Crippen molar-refractivity contribution in [1.82, 2.24) is 14.0 Å². The van der Waals surface area contributed by atoms with Gasteiger partial charge in [0.05, 0.1) is 22.9 Å². The number of nitrogens with zero attached hydrogens (tertiary/aromatic N) is 4. The van der Waals surface area contributed by atoms with Gasteiger partial charge >= 0.3 is 0 Å². The Kier molecular flexibility index (Phi) is 8.35. The van der Waals surface area contributed by atoms with Crippen LogP contribution in [0, 0.1) is 6.92 Å². The predicted molar refractivity (Wildman–Crippen MR) is 194 cm³/mol. The SMILES string of the molecule is CCN(CC)C(=O)C1=C(C)N=c2s/c(=C/c3c(C)n(Cc4ccccc4)c4ccccc34)c(=O)n2[C@@H]1c1c(OC)ccc2ccccc12. The van der Waals surface area contributed by atoms with Crippen molar-refractivity contribution in [3.63, 3.8) is 0 Å². The number of amides is 1. The first kappa shape index (κ1) is 31.4. The molecular formula is C40H38N4O3S. The van der Waals surface area contributed by atoms with E-state index >= 15 is 0 Å². The van der Waals surface area contributed by atoms with Gasteiger partial charge in [-0.05, 0) is 62.2 Å². The molecule has 7 rings (SSSR count). The fraction of sp³-hybridized carbons (Fsp3) is 0.225. The van der Waals surface area contributed by atoms with Crippen LogP contribution in [-0.2, 0) is 11.3 Å². The van der Waals surface area contributed by atoms with Gasteiger partial charge in [-0.2, -0.15) is 0 Å². The second-order valence-electron chi connectivity index (χ2n) is 12.0. The number of aromatic nitrogens is 2. The fourth-order valence-electron chi connectivity index (χ4n) is 7.03. The van der Waals surface area contributed by atoms with Crippen molar-refractivity contribution in [3.05, 3.63) is 144 Å². The van der Waals surface area contributed by atoms with Crippen molar-refractivity contribution in [3.8, 4) is 5.75 Å². The van der Waals surface area contributed by atoms with E-state index in [1.807, 2.05) is 75.4 Å². The molecule has 1 aliphatic rings. The van der Waals surface area contributed by atoms with Gasteiger partial charge < -0.3 is 14.2 Å². The lowest BCUT2D eigenvalue weighted by molar-refractivity contribution is -0.127. The minimum absolute atomic E-state index is 0.129. The monoisotopic (exact) mass is 654 g/mol. The van der Waals surface area contributed by atoms with Crippen LogP contribution in [0.25, 0.3) is 27.8 Å². The quantitative estimate of drug-likeness (QED) is 0.186. The van der Waals surface area contributed by atoms with Crippen LogP contribution in [-0.4, -0.2) is 40.1 Å². The molecule has 4 aromatic carbocycles. The van der Waals surface area contributed by atoms with Crippen LogP contribution in [0.2, 0.25) is 0 Å². The summed E-state index contributed by atoms with van der Waals surface area (Å²) in [6.07, 6.45) is 2.01. The van der Waals surface area contributed by atoms with Crippen LogP contribution in [0.15, 0.2) is 112 Å². The number of methoxy groups -OCH3 is 1. The number of likely N-dealkylation sites (N-methyl/N-ethyl adjacent to an activating group) is 1. The highest BCUT2D eigenvalue weighted by Crippen LogP contribution is 2.40. The van der Waals surface area contributed by atoms with E-state index < -0.39 is 6.04 Å². The minimum atomic E-state index is -0.724. The number of hydrogen-bond acceptors (Lipinski definition) is 5. The Labute approximate surface area is 283 Å². The molecule has 0 bridgehead atoms. The first-order chi connectivity index (χ1) is 23.4. The lowest BCUT2D eigenvalue weighted by atomic mass is 9.90. The van der Waals surface area contributed by atoms with E-state index in [1.165, 1.54) is 16.9 Å². The van der Waals surface area contributed by atoms with Gasteiger partial charge in [-0.25, -0.2) is 4.99 Å². The molecule has 0 saturated carbocycles. The third-order valence-corrected chi connectivity index (χ3v) is 10.4. The molecule has 0 fully saturated rings. The van der Waals surface area contributed by atoms with Crippen LogP contribution in [0.5, 0.6) is 5.75 Å². The maximum Gasteiger partial charge on any atom is 0.271 e. The lowest BCUT2D eigenvalue weighted by Gasteiger charge is -2.30. The normalized spacial score (nSPS) is 14.8. The molecule has 7 nitrogen and oxygen atoms in total. The number of fused-ring (bicyclic) bond motifs is 3. The van der Waals surface area contributed by atoms with E-state index in [0.29, 0.717) is 39.4 Å². The van der Waals surface area contributed by atoms with Crippen molar-refractivity contribution in [2.24, 2.45) is 4.99 Å². The second kappa shape index (κ2) is 12.8. The topological polar surface area (TPSA) is 68.8 Å². The number of ether oxygens (including phenoxy) is 1. The summed E-state index contributed by atoms with van der Waals surface area (Å²) >= 11 is 1.36. The summed E-state index contributed by atoms with van der Waals surface area (Å²) in [5, 5.41) is 3.01. The van der Waals surface area contributed by atoms with E-state index in [0.717, 1.165) is 45.0 Å². The Morgan fingerprint density at radius 2 is 1.60 bits per heavy atom. The van der Waals surface area contributed by atoms with Gasteiger partial charge in [0.1, 0.15) is 11.8 Å². The van der Waals surface area contributed by atoms with Gasteiger partial charge in [0, 0.05) is 47.4 Å². The van der Waals surface area contributed by atoms with Crippen LogP contribution in [0.3, 0.4) is 0 Å². The largest absolute Gasteiger partial charge is 0.496 e. The number of allylic oxidation sites excluding steroid dienone is 1. The summed E-state index contributed by atoms with van der Waals surface area (Å²) in [6.45, 7) is 9.73. The van der Waals surface area contributed by atoms with Crippen LogP contribution in [0.4, 0.5) is 0 Å². The first-order valence-corrected chi connectivity index (χ1v) is 17.2. The van der Waals surface area contributed by atoms with Crippen molar-refractivity contribution >= 4 is 45.0 Å². The van der Waals surface area contributed by atoms with Gasteiger partial charge in [-0.15, -0.1) is 0 Å². The van der Waals surface area contributed by atoms with Gasteiger partial charge in [0.25, 0.3) is 11.5 Å². The maximum absolute atomic E-state index is 14.8. The Balaban J connectivity index is 1.49. The third kappa shape index (κ3) is 5.17. The first-order valence-electron chi connectivity index (χ1n) is 16.3. The summed E-state index contributed by atoms with van der Waals surface area (Å²) in [5.74, 6) is 0.489. The molecule has 1 amide bonds. The molecule has 0 radical (unpaired) electrons. The summed E-state index contributed by atoms with van der Waals surface area (Å²) < 4.78 is 10.5.